The third kappa shape index (κ3) is 2.91. The number of hydrogen-bond donors (Lipinski definition) is 3. The van der Waals surface area contributed by atoms with E-state index in [1.165, 1.54) is 18.2 Å². The summed E-state index contributed by atoms with van der Waals surface area (Å²) in [6.07, 6.45) is 1.74. The van der Waals surface area contributed by atoms with Crippen LogP contribution in [0.4, 0.5) is 10.1 Å². The molecule has 0 spiro atoms. The van der Waals surface area contributed by atoms with Gasteiger partial charge in [-0.3, -0.25) is 0 Å². The van der Waals surface area contributed by atoms with Gasteiger partial charge in [-0.2, -0.15) is 0 Å². The van der Waals surface area contributed by atoms with Crippen molar-refractivity contribution < 1.29 is 14.3 Å². The van der Waals surface area contributed by atoms with Gasteiger partial charge in [-0.1, -0.05) is 12.1 Å². The second kappa shape index (κ2) is 4.90. The maximum atomic E-state index is 13.0. The van der Waals surface area contributed by atoms with Crippen LogP contribution in [0.3, 0.4) is 0 Å². The van der Waals surface area contributed by atoms with Gasteiger partial charge in [0.05, 0.1) is 11.3 Å². The van der Waals surface area contributed by atoms with Crippen LogP contribution in [0.5, 0.6) is 0 Å². The van der Waals surface area contributed by atoms with Crippen LogP contribution in [0.1, 0.15) is 0 Å². The predicted molar refractivity (Wildman–Crippen MR) is 54.5 cm³/mol. The maximum Gasteiger partial charge on any atom is 0.338 e. The van der Waals surface area contributed by atoms with Gasteiger partial charge in [-0.25, -0.2) is 9.18 Å². The van der Waals surface area contributed by atoms with Crippen molar-refractivity contribution in [2.75, 3.05) is 5.32 Å². The molecule has 0 saturated carbocycles. The highest BCUT2D eigenvalue weighted by Gasteiger charge is 2.03. The average Bonchev–Trinajstić information content (AvgIpc) is 2.21. The van der Waals surface area contributed by atoms with Crippen LogP contribution >= 0.6 is 0 Å². The van der Waals surface area contributed by atoms with Crippen molar-refractivity contribution in [1.82, 2.24) is 0 Å². The third-order valence-electron chi connectivity index (χ3n) is 1.66. The van der Waals surface area contributed by atoms with Gasteiger partial charge >= 0.3 is 5.97 Å². The molecule has 5 heteroatoms. The minimum Gasteiger partial charge on any atom is -0.478 e. The summed E-state index contributed by atoms with van der Waals surface area (Å²) in [7, 11) is 0. The molecule has 0 aliphatic rings. The number of carboxylic acid groups (broad SMARTS) is 1. The van der Waals surface area contributed by atoms with Crippen molar-refractivity contribution in [3.63, 3.8) is 0 Å². The number of anilines is 1. The Morgan fingerprint density at radius 1 is 1.47 bits per heavy atom. The monoisotopic (exact) mass is 208 g/mol. The molecular weight excluding hydrogens is 199 g/mol. The van der Waals surface area contributed by atoms with Gasteiger partial charge in [0.1, 0.15) is 5.82 Å². The lowest BCUT2D eigenvalue weighted by Gasteiger charge is -2.02. The van der Waals surface area contributed by atoms with E-state index >= 15 is 0 Å². The minimum absolute atomic E-state index is 0.165. The molecule has 78 valence electrons. The smallest absolute Gasteiger partial charge is 0.338 e. The van der Waals surface area contributed by atoms with Gasteiger partial charge in [0.2, 0.25) is 0 Å². The molecular formula is C10H9FN2O2. The largest absolute Gasteiger partial charge is 0.478 e. The first-order valence-corrected chi connectivity index (χ1v) is 4.10. The van der Waals surface area contributed by atoms with E-state index in [2.05, 4.69) is 5.32 Å². The molecule has 0 bridgehead atoms. The fourth-order valence-electron chi connectivity index (χ4n) is 0.899. The van der Waals surface area contributed by atoms with Gasteiger partial charge in [-0.05, 0) is 12.1 Å². The lowest BCUT2D eigenvalue weighted by atomic mass is 10.3. The second-order valence-corrected chi connectivity index (χ2v) is 2.67. The molecule has 3 N–H and O–H groups in total. The van der Waals surface area contributed by atoms with Crippen LogP contribution in [-0.2, 0) is 4.79 Å². The molecule has 0 saturated heterocycles. The number of nitrogens with one attached hydrogen (secondary N) is 2. The van der Waals surface area contributed by atoms with E-state index in [9.17, 15) is 9.18 Å². The minimum atomic E-state index is -1.24. The number of benzene rings is 1. The van der Waals surface area contributed by atoms with E-state index in [-0.39, 0.29) is 11.3 Å². The van der Waals surface area contributed by atoms with Crippen LogP contribution in [-0.4, -0.2) is 17.3 Å². The molecule has 1 aromatic carbocycles. The Labute approximate surface area is 85.6 Å². The first kappa shape index (κ1) is 10.9. The summed E-state index contributed by atoms with van der Waals surface area (Å²) in [5.41, 5.74) is -0.0867. The molecule has 15 heavy (non-hydrogen) atoms. The van der Waals surface area contributed by atoms with Crippen molar-refractivity contribution >= 4 is 17.9 Å². The molecule has 0 aromatic heterocycles. The van der Waals surface area contributed by atoms with Crippen LogP contribution in [0.15, 0.2) is 36.0 Å². The van der Waals surface area contributed by atoms with Crippen LogP contribution < -0.4 is 5.32 Å². The number of carbonyl (C=O) groups is 1. The Hall–Kier alpha value is -2.17. The van der Waals surface area contributed by atoms with E-state index in [4.69, 9.17) is 10.5 Å². The van der Waals surface area contributed by atoms with Gasteiger partial charge in [0.15, 0.2) is 0 Å². The van der Waals surface area contributed by atoms with Crippen molar-refractivity contribution in [2.24, 2.45) is 0 Å². The quantitative estimate of drug-likeness (QED) is 0.522. The lowest BCUT2D eigenvalue weighted by Crippen LogP contribution is -2.04. The van der Waals surface area contributed by atoms with Crippen LogP contribution in [0.2, 0.25) is 0 Å². The summed E-state index contributed by atoms with van der Waals surface area (Å²) < 4.78 is 13.0. The van der Waals surface area contributed by atoms with E-state index < -0.39 is 11.8 Å². The number of para-hydroxylation sites is 1. The third-order valence-corrected chi connectivity index (χ3v) is 1.66. The number of rotatable bonds is 4. The zero-order valence-corrected chi connectivity index (χ0v) is 7.70. The molecule has 0 aliphatic carbocycles. The molecule has 0 radical (unpaired) electrons. The molecule has 0 unspecified atom stereocenters. The number of carboxylic acids is 1. The Morgan fingerprint density at radius 3 is 2.67 bits per heavy atom. The fourth-order valence-corrected chi connectivity index (χ4v) is 0.899. The average molecular weight is 208 g/mol. The zero-order valence-electron chi connectivity index (χ0n) is 7.70. The Morgan fingerprint density at radius 2 is 2.13 bits per heavy atom. The maximum absolute atomic E-state index is 13.0. The summed E-state index contributed by atoms with van der Waals surface area (Å²) in [6, 6.07) is 5.86. The summed E-state index contributed by atoms with van der Waals surface area (Å²) in [6.45, 7) is 0. The van der Waals surface area contributed by atoms with Crippen molar-refractivity contribution in [3.05, 3.63) is 41.9 Å². The molecule has 1 rings (SSSR count). The summed E-state index contributed by atoms with van der Waals surface area (Å²) in [4.78, 5) is 10.5. The summed E-state index contributed by atoms with van der Waals surface area (Å²) in [5.74, 6) is -1.72. The number of aliphatic carboxylic acids is 1. The standard InChI is InChI=1S/C10H9FN2O2/c11-8-3-1-2-4-9(8)13-6-7(5-12)10(14)15/h1-6,12-13H,(H,14,15)/b7-6+,12-5?. The predicted octanol–water partition coefficient (Wildman–Crippen LogP) is 1.86. The second-order valence-electron chi connectivity index (χ2n) is 2.67. The first-order valence-electron chi connectivity index (χ1n) is 4.10. The Balaban J connectivity index is 2.83. The number of halogens is 1. The van der Waals surface area contributed by atoms with Gasteiger partial charge in [0.25, 0.3) is 0 Å². The molecule has 1 aromatic rings. The molecule has 4 nitrogen and oxygen atoms in total. The van der Waals surface area contributed by atoms with Crippen molar-refractivity contribution in [3.8, 4) is 0 Å². The topological polar surface area (TPSA) is 73.2 Å². The van der Waals surface area contributed by atoms with Crippen molar-refractivity contribution in [1.29, 1.82) is 5.41 Å². The molecule has 0 fully saturated rings. The molecule has 0 aliphatic heterocycles. The van der Waals surface area contributed by atoms with Crippen molar-refractivity contribution in [2.45, 2.75) is 0 Å². The lowest BCUT2D eigenvalue weighted by molar-refractivity contribution is -0.132. The Kier molecular flexibility index (Phi) is 3.56. The van der Waals surface area contributed by atoms with E-state index in [0.29, 0.717) is 6.21 Å². The van der Waals surface area contributed by atoms with E-state index in [0.717, 1.165) is 6.20 Å². The molecule has 0 heterocycles. The highest BCUT2D eigenvalue weighted by molar-refractivity contribution is 6.07. The SMILES string of the molecule is N=C/C(=C\Nc1ccccc1F)C(=O)O. The highest BCUT2D eigenvalue weighted by atomic mass is 19.1. The van der Waals surface area contributed by atoms with E-state index in [1.807, 2.05) is 0 Å². The Bertz CT molecular complexity index is 416. The normalized spacial score (nSPS) is 10.9. The van der Waals surface area contributed by atoms with Crippen LogP contribution in [0.25, 0.3) is 0 Å². The first-order chi connectivity index (χ1) is 7.15. The fraction of sp³-hybridized carbons (Fsp3) is 0. The van der Waals surface area contributed by atoms with Gasteiger partial charge in [-0.15, -0.1) is 0 Å². The van der Waals surface area contributed by atoms with E-state index in [1.54, 1.807) is 6.07 Å². The van der Waals surface area contributed by atoms with Gasteiger partial charge < -0.3 is 15.8 Å². The highest BCUT2D eigenvalue weighted by Crippen LogP contribution is 2.12. The zero-order chi connectivity index (χ0) is 11.3. The van der Waals surface area contributed by atoms with Crippen LogP contribution in [0, 0.1) is 11.2 Å². The summed E-state index contributed by atoms with van der Waals surface area (Å²) in [5, 5.41) is 17.8. The summed E-state index contributed by atoms with van der Waals surface area (Å²) >= 11 is 0. The molecule has 0 atom stereocenters. The molecule has 0 amide bonds. The van der Waals surface area contributed by atoms with Gasteiger partial charge in [0, 0.05) is 12.4 Å². The number of hydrogen-bond acceptors (Lipinski definition) is 3.